The number of carbonyl (C=O) groups is 5. The standard InChI is InChI=1S/C14H23N5O6S/c15-7(6-26)13(23)19-3-1-2-9(19)12(22)17-5-11(21)18-8(14(24)25)4-10(16)20/h7-9,26H,1-6,15H2,(H2,16,20)(H,17,22)(H,18,21)(H,24,25). The summed E-state index contributed by atoms with van der Waals surface area (Å²) in [6, 6.07) is -3.04. The Morgan fingerprint density at radius 2 is 1.92 bits per heavy atom. The predicted octanol–water partition coefficient (Wildman–Crippen LogP) is -3.20. The Bertz CT molecular complexity index is 586. The smallest absolute Gasteiger partial charge is 0.326 e. The number of thiol groups is 1. The molecule has 0 aromatic heterocycles. The number of carboxylic acids is 1. The van der Waals surface area contributed by atoms with Gasteiger partial charge in [-0.05, 0) is 12.8 Å². The summed E-state index contributed by atoms with van der Waals surface area (Å²) in [5.41, 5.74) is 10.6. The molecule has 12 heteroatoms. The first-order valence-corrected chi connectivity index (χ1v) is 8.55. The highest BCUT2D eigenvalue weighted by Gasteiger charge is 2.36. The van der Waals surface area contributed by atoms with Gasteiger partial charge in [0.1, 0.15) is 12.1 Å². The maximum Gasteiger partial charge on any atom is 0.326 e. The quantitative estimate of drug-likeness (QED) is 0.224. The first-order chi connectivity index (χ1) is 12.2. The second kappa shape index (κ2) is 9.97. The van der Waals surface area contributed by atoms with Gasteiger partial charge in [-0.1, -0.05) is 0 Å². The number of aliphatic carboxylic acids is 1. The molecule has 1 aliphatic heterocycles. The number of likely N-dealkylation sites (tertiary alicyclic amines) is 1. The molecule has 0 spiro atoms. The Morgan fingerprint density at radius 3 is 2.46 bits per heavy atom. The average molecular weight is 389 g/mol. The van der Waals surface area contributed by atoms with Crippen molar-refractivity contribution >= 4 is 42.2 Å². The van der Waals surface area contributed by atoms with Crippen molar-refractivity contribution in [1.82, 2.24) is 15.5 Å². The molecule has 1 fully saturated rings. The molecule has 146 valence electrons. The number of carbonyl (C=O) groups excluding carboxylic acids is 4. The number of hydrogen-bond donors (Lipinski definition) is 6. The molecule has 0 aliphatic carbocycles. The van der Waals surface area contributed by atoms with Crippen LogP contribution < -0.4 is 22.1 Å². The molecular weight excluding hydrogens is 366 g/mol. The molecule has 0 aromatic carbocycles. The summed E-state index contributed by atoms with van der Waals surface area (Å²) < 4.78 is 0. The molecular formula is C14H23N5O6S. The normalized spacial score (nSPS) is 18.7. The lowest BCUT2D eigenvalue weighted by Crippen LogP contribution is -2.53. The lowest BCUT2D eigenvalue weighted by atomic mass is 10.2. The summed E-state index contributed by atoms with van der Waals surface area (Å²) >= 11 is 3.96. The number of hydrogen-bond acceptors (Lipinski definition) is 7. The van der Waals surface area contributed by atoms with Gasteiger partial charge >= 0.3 is 5.97 Å². The molecule has 11 nitrogen and oxygen atoms in total. The van der Waals surface area contributed by atoms with Gasteiger partial charge in [0.25, 0.3) is 0 Å². The molecule has 3 atom stereocenters. The summed E-state index contributed by atoms with van der Waals surface area (Å²) in [6.07, 6.45) is 0.481. The topological polar surface area (TPSA) is 185 Å². The zero-order valence-corrected chi connectivity index (χ0v) is 14.9. The fourth-order valence-corrected chi connectivity index (χ4v) is 2.68. The molecule has 1 rings (SSSR count). The third kappa shape index (κ3) is 6.19. The molecule has 0 bridgehead atoms. The van der Waals surface area contributed by atoms with E-state index in [0.717, 1.165) is 0 Å². The highest BCUT2D eigenvalue weighted by Crippen LogP contribution is 2.18. The highest BCUT2D eigenvalue weighted by molar-refractivity contribution is 7.80. The van der Waals surface area contributed by atoms with Gasteiger partial charge in [-0.3, -0.25) is 19.2 Å². The number of primary amides is 1. The van der Waals surface area contributed by atoms with Crippen LogP contribution in [0.5, 0.6) is 0 Å². The van der Waals surface area contributed by atoms with Crippen LogP contribution in [0.15, 0.2) is 0 Å². The van der Waals surface area contributed by atoms with Crippen LogP contribution >= 0.6 is 12.6 Å². The summed E-state index contributed by atoms with van der Waals surface area (Å²) in [5, 5.41) is 13.4. The van der Waals surface area contributed by atoms with Gasteiger partial charge in [0.05, 0.1) is 19.0 Å². The van der Waals surface area contributed by atoms with Crippen molar-refractivity contribution in [3.63, 3.8) is 0 Å². The highest BCUT2D eigenvalue weighted by atomic mass is 32.1. The Kier molecular flexibility index (Phi) is 8.32. The first-order valence-electron chi connectivity index (χ1n) is 7.92. The molecule has 0 aromatic rings. The lowest BCUT2D eigenvalue weighted by Gasteiger charge is -2.26. The Hall–Kier alpha value is -2.34. The van der Waals surface area contributed by atoms with Crippen molar-refractivity contribution in [3.05, 3.63) is 0 Å². The van der Waals surface area contributed by atoms with Crippen molar-refractivity contribution in [1.29, 1.82) is 0 Å². The Morgan fingerprint density at radius 1 is 1.27 bits per heavy atom. The zero-order valence-electron chi connectivity index (χ0n) is 14.0. The van der Waals surface area contributed by atoms with Gasteiger partial charge in [0.15, 0.2) is 0 Å². The SMILES string of the molecule is NC(=O)CC(NC(=O)CNC(=O)C1CCCN1C(=O)C(N)CS)C(=O)O. The fourth-order valence-electron chi connectivity index (χ4n) is 2.53. The monoisotopic (exact) mass is 389 g/mol. The van der Waals surface area contributed by atoms with Crippen molar-refractivity contribution < 1.29 is 29.1 Å². The molecule has 3 unspecified atom stereocenters. The lowest BCUT2D eigenvalue weighted by molar-refractivity contribution is -0.143. The number of amides is 4. The van der Waals surface area contributed by atoms with Crippen LogP contribution in [0.3, 0.4) is 0 Å². The van der Waals surface area contributed by atoms with Crippen molar-refractivity contribution in [3.8, 4) is 0 Å². The van der Waals surface area contributed by atoms with Crippen molar-refractivity contribution in [2.24, 2.45) is 11.5 Å². The van der Waals surface area contributed by atoms with Crippen LogP contribution in [-0.2, 0) is 24.0 Å². The second-order valence-electron chi connectivity index (χ2n) is 5.83. The zero-order chi connectivity index (χ0) is 19.9. The van der Waals surface area contributed by atoms with E-state index in [2.05, 4.69) is 23.3 Å². The van der Waals surface area contributed by atoms with Gasteiger partial charge < -0.3 is 32.1 Å². The van der Waals surface area contributed by atoms with Gasteiger partial charge in [-0.2, -0.15) is 12.6 Å². The number of nitrogens with one attached hydrogen (secondary N) is 2. The predicted molar refractivity (Wildman–Crippen MR) is 93.0 cm³/mol. The van der Waals surface area contributed by atoms with E-state index < -0.39 is 60.7 Å². The minimum Gasteiger partial charge on any atom is -0.480 e. The van der Waals surface area contributed by atoms with Crippen LogP contribution in [0, 0.1) is 0 Å². The maximum atomic E-state index is 12.2. The van der Waals surface area contributed by atoms with E-state index in [0.29, 0.717) is 19.4 Å². The summed E-state index contributed by atoms with van der Waals surface area (Å²) in [4.78, 5) is 59.3. The summed E-state index contributed by atoms with van der Waals surface area (Å²) in [6.45, 7) is -0.122. The molecule has 1 heterocycles. The summed E-state index contributed by atoms with van der Waals surface area (Å²) in [7, 11) is 0. The molecule has 0 saturated carbocycles. The average Bonchev–Trinajstić information content (AvgIpc) is 3.06. The molecule has 26 heavy (non-hydrogen) atoms. The molecule has 0 radical (unpaired) electrons. The molecule has 7 N–H and O–H groups in total. The first kappa shape index (κ1) is 21.7. The van der Waals surface area contributed by atoms with Crippen LogP contribution in [0.1, 0.15) is 19.3 Å². The Balaban J connectivity index is 2.56. The van der Waals surface area contributed by atoms with Gasteiger partial charge in [-0.25, -0.2) is 4.79 Å². The summed E-state index contributed by atoms with van der Waals surface area (Å²) in [5.74, 6) is -3.90. The van der Waals surface area contributed by atoms with E-state index in [1.54, 1.807) is 0 Å². The van der Waals surface area contributed by atoms with E-state index >= 15 is 0 Å². The van der Waals surface area contributed by atoms with E-state index in [1.807, 2.05) is 0 Å². The number of rotatable bonds is 9. The third-order valence-electron chi connectivity index (χ3n) is 3.81. The molecule has 4 amide bonds. The third-order valence-corrected chi connectivity index (χ3v) is 4.21. The second-order valence-corrected chi connectivity index (χ2v) is 6.19. The largest absolute Gasteiger partial charge is 0.480 e. The van der Waals surface area contributed by atoms with Crippen molar-refractivity contribution in [2.75, 3.05) is 18.8 Å². The van der Waals surface area contributed by atoms with E-state index in [-0.39, 0.29) is 5.75 Å². The van der Waals surface area contributed by atoms with Crippen LogP contribution in [0.2, 0.25) is 0 Å². The Labute approximate surface area is 155 Å². The van der Waals surface area contributed by atoms with Crippen molar-refractivity contribution in [2.45, 2.75) is 37.4 Å². The van der Waals surface area contributed by atoms with Crippen LogP contribution in [-0.4, -0.2) is 76.6 Å². The number of carboxylic acid groups (broad SMARTS) is 1. The van der Waals surface area contributed by atoms with Crippen LogP contribution in [0.4, 0.5) is 0 Å². The van der Waals surface area contributed by atoms with E-state index in [1.165, 1.54) is 4.90 Å². The van der Waals surface area contributed by atoms with Gasteiger partial charge in [0, 0.05) is 12.3 Å². The minimum atomic E-state index is -1.48. The maximum absolute atomic E-state index is 12.2. The van der Waals surface area contributed by atoms with Gasteiger partial charge in [0.2, 0.25) is 23.6 Å². The molecule has 1 saturated heterocycles. The van der Waals surface area contributed by atoms with E-state index in [4.69, 9.17) is 16.6 Å². The number of nitrogens with zero attached hydrogens (tertiary/aromatic N) is 1. The van der Waals surface area contributed by atoms with Gasteiger partial charge in [-0.15, -0.1) is 0 Å². The van der Waals surface area contributed by atoms with E-state index in [9.17, 15) is 24.0 Å². The number of nitrogens with two attached hydrogens (primary N) is 2. The minimum absolute atomic E-state index is 0.141. The fraction of sp³-hybridized carbons (Fsp3) is 0.643. The van der Waals surface area contributed by atoms with Crippen LogP contribution in [0.25, 0.3) is 0 Å². The molecule has 1 aliphatic rings.